The van der Waals surface area contributed by atoms with E-state index in [-0.39, 0.29) is 18.2 Å². The van der Waals surface area contributed by atoms with Gasteiger partial charge < -0.3 is 10.6 Å². The molecule has 2 N–H and O–H groups in total. The first-order valence-corrected chi connectivity index (χ1v) is 9.71. The summed E-state index contributed by atoms with van der Waals surface area (Å²) >= 11 is 0. The Bertz CT molecular complexity index is 1000. The molecule has 3 aromatic rings. The molecule has 0 bridgehead atoms. The van der Waals surface area contributed by atoms with Crippen molar-refractivity contribution in [2.75, 3.05) is 11.9 Å². The van der Waals surface area contributed by atoms with Crippen molar-refractivity contribution < 1.29 is 9.59 Å². The third-order valence-corrected chi connectivity index (χ3v) is 4.55. The van der Waals surface area contributed by atoms with Crippen LogP contribution in [0, 0.1) is 6.92 Å². The molecular formula is C24H25N3O2. The summed E-state index contributed by atoms with van der Waals surface area (Å²) in [6.45, 7) is 4.56. The highest BCUT2D eigenvalue weighted by atomic mass is 16.2. The lowest BCUT2D eigenvalue weighted by Crippen LogP contribution is -2.28. The van der Waals surface area contributed by atoms with Gasteiger partial charge in [-0.1, -0.05) is 67.1 Å². The molecular weight excluding hydrogens is 362 g/mol. The van der Waals surface area contributed by atoms with E-state index in [0.717, 1.165) is 16.7 Å². The Morgan fingerprint density at radius 1 is 0.966 bits per heavy atom. The summed E-state index contributed by atoms with van der Waals surface area (Å²) in [5.41, 5.74) is 4.86. The van der Waals surface area contributed by atoms with E-state index in [1.165, 1.54) is 5.56 Å². The quantitative estimate of drug-likeness (QED) is 0.563. The number of nitrogens with zero attached hydrogens (tertiary/aromatic N) is 1. The predicted molar refractivity (Wildman–Crippen MR) is 116 cm³/mol. The second-order valence-electron chi connectivity index (χ2n) is 6.90. The van der Waals surface area contributed by atoms with Crippen LogP contribution in [0.25, 0.3) is 11.1 Å². The minimum Gasteiger partial charge on any atom is -0.323 e. The normalized spacial score (nSPS) is 10.6. The molecule has 0 saturated heterocycles. The Morgan fingerprint density at radius 3 is 2.48 bits per heavy atom. The standard InChI is InChI=1S/C24H25N3O2/c1-3-22(28)24-21(13-20(15-26-24)19-10-5-4-6-11-19)27-23(29)16-25-14-18-9-7-8-17(2)12-18/h4-13,15,25H,3,14,16H2,1-2H3,(H,27,29). The number of nitrogens with one attached hydrogen (secondary N) is 2. The zero-order valence-electron chi connectivity index (χ0n) is 16.7. The SMILES string of the molecule is CCC(=O)c1ncc(-c2ccccc2)cc1NC(=O)CNCc1cccc(C)c1. The molecule has 0 atom stereocenters. The van der Waals surface area contributed by atoms with Gasteiger partial charge in [-0.3, -0.25) is 14.6 Å². The number of Topliss-reactive ketones (excluding diaryl/α,β-unsaturated/α-hetero) is 1. The topological polar surface area (TPSA) is 71.1 Å². The zero-order chi connectivity index (χ0) is 20.6. The van der Waals surface area contributed by atoms with Crippen LogP contribution in [0.5, 0.6) is 0 Å². The van der Waals surface area contributed by atoms with Crippen LogP contribution in [0.1, 0.15) is 35.0 Å². The maximum atomic E-state index is 12.5. The number of aryl methyl sites for hydroxylation is 1. The number of benzene rings is 2. The van der Waals surface area contributed by atoms with E-state index in [4.69, 9.17) is 0 Å². The molecule has 1 heterocycles. The number of pyridine rings is 1. The van der Waals surface area contributed by atoms with Crippen molar-refractivity contribution in [1.29, 1.82) is 0 Å². The van der Waals surface area contributed by atoms with Gasteiger partial charge in [-0.05, 0) is 24.1 Å². The molecule has 3 rings (SSSR count). The fourth-order valence-electron chi connectivity index (χ4n) is 3.08. The zero-order valence-corrected chi connectivity index (χ0v) is 16.7. The molecule has 2 aromatic carbocycles. The van der Waals surface area contributed by atoms with Gasteiger partial charge in [0.05, 0.1) is 12.2 Å². The molecule has 0 aliphatic rings. The van der Waals surface area contributed by atoms with E-state index in [0.29, 0.717) is 24.3 Å². The molecule has 148 valence electrons. The molecule has 29 heavy (non-hydrogen) atoms. The highest BCUT2D eigenvalue weighted by Crippen LogP contribution is 2.24. The number of anilines is 1. The number of carbonyl (C=O) groups excluding carboxylic acids is 2. The van der Waals surface area contributed by atoms with Gasteiger partial charge in [0.15, 0.2) is 5.78 Å². The lowest BCUT2D eigenvalue weighted by molar-refractivity contribution is -0.115. The third-order valence-electron chi connectivity index (χ3n) is 4.55. The number of hydrogen-bond acceptors (Lipinski definition) is 4. The van der Waals surface area contributed by atoms with Crippen molar-refractivity contribution in [3.8, 4) is 11.1 Å². The number of carbonyl (C=O) groups is 2. The van der Waals surface area contributed by atoms with Gasteiger partial charge in [0.1, 0.15) is 5.69 Å². The van der Waals surface area contributed by atoms with Crippen molar-refractivity contribution in [2.45, 2.75) is 26.8 Å². The van der Waals surface area contributed by atoms with Gasteiger partial charge in [-0.15, -0.1) is 0 Å². The number of hydrogen-bond donors (Lipinski definition) is 2. The summed E-state index contributed by atoms with van der Waals surface area (Å²) in [6.07, 6.45) is 2.00. The maximum absolute atomic E-state index is 12.5. The average Bonchev–Trinajstić information content (AvgIpc) is 2.74. The first-order valence-electron chi connectivity index (χ1n) is 9.71. The summed E-state index contributed by atoms with van der Waals surface area (Å²) in [4.78, 5) is 29.1. The predicted octanol–water partition coefficient (Wildman–Crippen LogP) is 4.38. The van der Waals surface area contributed by atoms with Crippen molar-refractivity contribution in [3.05, 3.63) is 83.7 Å². The Morgan fingerprint density at radius 2 is 1.76 bits per heavy atom. The van der Waals surface area contributed by atoms with Crippen molar-refractivity contribution in [2.24, 2.45) is 0 Å². The number of amides is 1. The Labute approximate surface area is 171 Å². The highest BCUT2D eigenvalue weighted by molar-refractivity contribution is 6.04. The highest BCUT2D eigenvalue weighted by Gasteiger charge is 2.15. The van der Waals surface area contributed by atoms with E-state index in [2.05, 4.69) is 21.7 Å². The summed E-state index contributed by atoms with van der Waals surface area (Å²) in [5.74, 6) is -0.317. The Kier molecular flexibility index (Phi) is 6.87. The number of rotatable bonds is 8. The van der Waals surface area contributed by atoms with Crippen molar-refractivity contribution in [1.82, 2.24) is 10.3 Å². The third kappa shape index (κ3) is 5.59. The second-order valence-corrected chi connectivity index (χ2v) is 6.90. The minimum atomic E-state index is -0.213. The van der Waals surface area contributed by atoms with Crippen LogP contribution in [0.2, 0.25) is 0 Å². The van der Waals surface area contributed by atoms with Gasteiger partial charge in [-0.2, -0.15) is 0 Å². The van der Waals surface area contributed by atoms with Crippen molar-refractivity contribution >= 4 is 17.4 Å². The van der Waals surface area contributed by atoms with Crippen molar-refractivity contribution in [3.63, 3.8) is 0 Å². The van der Waals surface area contributed by atoms with Crippen LogP contribution in [-0.2, 0) is 11.3 Å². The van der Waals surface area contributed by atoms with Crippen LogP contribution in [0.4, 0.5) is 5.69 Å². The molecule has 0 unspecified atom stereocenters. The molecule has 1 amide bonds. The van der Waals surface area contributed by atoms with E-state index in [9.17, 15) is 9.59 Å². The van der Waals surface area contributed by atoms with Crippen LogP contribution in [0.3, 0.4) is 0 Å². The smallest absolute Gasteiger partial charge is 0.238 e. The lowest BCUT2D eigenvalue weighted by atomic mass is 10.1. The van der Waals surface area contributed by atoms with Gasteiger partial charge in [-0.25, -0.2) is 0 Å². The van der Waals surface area contributed by atoms with Crippen LogP contribution in [0.15, 0.2) is 66.9 Å². The summed E-state index contributed by atoms with van der Waals surface area (Å²) < 4.78 is 0. The van der Waals surface area contributed by atoms with E-state index in [1.807, 2.05) is 61.5 Å². The molecule has 5 heteroatoms. The fraction of sp³-hybridized carbons (Fsp3) is 0.208. The largest absolute Gasteiger partial charge is 0.323 e. The van der Waals surface area contributed by atoms with E-state index >= 15 is 0 Å². The molecule has 0 aliphatic heterocycles. The van der Waals surface area contributed by atoms with Gasteiger partial charge >= 0.3 is 0 Å². The van der Waals surface area contributed by atoms with Crippen LogP contribution >= 0.6 is 0 Å². The minimum absolute atomic E-state index is 0.104. The number of ketones is 1. The van der Waals surface area contributed by atoms with E-state index in [1.54, 1.807) is 13.1 Å². The van der Waals surface area contributed by atoms with Gasteiger partial charge in [0.25, 0.3) is 0 Å². The molecule has 1 aromatic heterocycles. The number of aromatic nitrogens is 1. The van der Waals surface area contributed by atoms with Gasteiger partial charge in [0.2, 0.25) is 5.91 Å². The summed E-state index contributed by atoms with van der Waals surface area (Å²) in [7, 11) is 0. The second kappa shape index (κ2) is 9.75. The van der Waals surface area contributed by atoms with Crippen LogP contribution in [-0.4, -0.2) is 23.2 Å². The first-order chi connectivity index (χ1) is 14.1. The summed E-state index contributed by atoms with van der Waals surface area (Å²) in [5, 5.41) is 5.99. The lowest BCUT2D eigenvalue weighted by Gasteiger charge is -2.12. The molecule has 0 fully saturated rings. The monoisotopic (exact) mass is 387 g/mol. The Balaban J connectivity index is 1.71. The van der Waals surface area contributed by atoms with E-state index < -0.39 is 0 Å². The first kappa shape index (κ1) is 20.4. The molecule has 0 saturated carbocycles. The average molecular weight is 387 g/mol. The Hall–Kier alpha value is -3.31. The molecule has 5 nitrogen and oxygen atoms in total. The summed E-state index contributed by atoms with van der Waals surface area (Å²) in [6, 6.07) is 19.7. The maximum Gasteiger partial charge on any atom is 0.238 e. The molecule has 0 radical (unpaired) electrons. The fourth-order valence-corrected chi connectivity index (χ4v) is 3.08. The van der Waals surface area contributed by atoms with Gasteiger partial charge in [0, 0.05) is 24.7 Å². The molecule has 0 spiro atoms. The molecule has 0 aliphatic carbocycles. The van der Waals surface area contributed by atoms with Crippen LogP contribution < -0.4 is 10.6 Å².